The van der Waals surface area contributed by atoms with Crippen molar-refractivity contribution in [1.29, 1.82) is 5.26 Å². The Morgan fingerprint density at radius 3 is 2.54 bits per heavy atom. The number of hydrogen-bond donors (Lipinski definition) is 1. The summed E-state index contributed by atoms with van der Waals surface area (Å²) in [5.41, 5.74) is 0.208. The van der Waals surface area contributed by atoms with Crippen LogP contribution in [0.2, 0.25) is 0 Å². The Morgan fingerprint density at radius 2 is 1.92 bits per heavy atom. The molecule has 1 aromatic carbocycles. The molecule has 1 amide bonds. The van der Waals surface area contributed by atoms with Gasteiger partial charge in [-0.3, -0.25) is 9.59 Å². The molecule has 0 aliphatic heterocycles. The third-order valence-electron chi connectivity index (χ3n) is 3.68. The molecule has 3 rings (SSSR count). The fraction of sp³-hybridized carbons (Fsp3) is 0.0526. The number of aromatic nitrogens is 2. The molecule has 0 spiro atoms. The number of amides is 1. The average Bonchev–Trinajstić information content (AvgIpc) is 3.17. The van der Waals surface area contributed by atoms with E-state index in [4.69, 9.17) is 0 Å². The van der Waals surface area contributed by atoms with Crippen LogP contribution in [0.25, 0.3) is 5.69 Å². The molecule has 26 heavy (non-hydrogen) atoms. The van der Waals surface area contributed by atoms with E-state index >= 15 is 0 Å². The SMILES string of the molecule is N#CC(C(=O)Nc1ccccn1)C(=O)c1ccc(-n2cccc2)c(F)c1. The standard InChI is InChI=1S/C19H13FN4O2/c20-15-11-13(6-7-16(15)24-9-3-4-10-24)18(25)14(12-21)19(26)23-17-5-1-2-8-22-17/h1-11,14H,(H,22,23,26). The Morgan fingerprint density at radius 1 is 1.15 bits per heavy atom. The van der Waals surface area contributed by atoms with Crippen LogP contribution in [0.1, 0.15) is 10.4 Å². The predicted molar refractivity (Wildman–Crippen MR) is 92.0 cm³/mol. The van der Waals surface area contributed by atoms with Crippen molar-refractivity contribution in [3.63, 3.8) is 0 Å². The van der Waals surface area contributed by atoms with Crippen molar-refractivity contribution in [3.8, 4) is 11.8 Å². The number of nitrogens with one attached hydrogen (secondary N) is 1. The van der Waals surface area contributed by atoms with E-state index in [0.717, 1.165) is 6.07 Å². The van der Waals surface area contributed by atoms with Gasteiger partial charge in [0.2, 0.25) is 0 Å². The van der Waals surface area contributed by atoms with E-state index in [9.17, 15) is 19.2 Å². The van der Waals surface area contributed by atoms with Gasteiger partial charge in [0.05, 0.1) is 11.8 Å². The lowest BCUT2D eigenvalue weighted by Gasteiger charge is -2.10. The maximum Gasteiger partial charge on any atom is 0.250 e. The number of hydrogen-bond acceptors (Lipinski definition) is 4. The first-order valence-corrected chi connectivity index (χ1v) is 7.69. The zero-order valence-electron chi connectivity index (χ0n) is 13.5. The second-order valence-corrected chi connectivity index (χ2v) is 5.39. The summed E-state index contributed by atoms with van der Waals surface area (Å²) in [5.74, 6) is -3.60. The van der Waals surface area contributed by atoms with Gasteiger partial charge in [0.15, 0.2) is 11.7 Å². The average molecular weight is 348 g/mol. The number of nitrogens with zero attached hydrogens (tertiary/aromatic N) is 3. The second-order valence-electron chi connectivity index (χ2n) is 5.39. The van der Waals surface area contributed by atoms with E-state index in [1.807, 2.05) is 0 Å². The predicted octanol–water partition coefficient (Wildman–Crippen LogP) is 2.97. The first kappa shape index (κ1) is 17.0. The van der Waals surface area contributed by atoms with Gasteiger partial charge in [-0.15, -0.1) is 0 Å². The first-order chi connectivity index (χ1) is 12.6. The molecule has 6 nitrogen and oxygen atoms in total. The summed E-state index contributed by atoms with van der Waals surface area (Å²) in [6.45, 7) is 0. The molecular weight excluding hydrogens is 335 g/mol. The van der Waals surface area contributed by atoms with Gasteiger partial charge in [-0.1, -0.05) is 6.07 Å². The van der Waals surface area contributed by atoms with E-state index in [2.05, 4.69) is 10.3 Å². The van der Waals surface area contributed by atoms with Crippen LogP contribution in [0.15, 0.2) is 67.1 Å². The van der Waals surface area contributed by atoms with Crippen LogP contribution in [0.3, 0.4) is 0 Å². The van der Waals surface area contributed by atoms with Gasteiger partial charge in [-0.05, 0) is 42.5 Å². The van der Waals surface area contributed by atoms with Gasteiger partial charge in [0.25, 0.3) is 5.91 Å². The number of halogens is 1. The van der Waals surface area contributed by atoms with Gasteiger partial charge < -0.3 is 9.88 Å². The molecule has 7 heteroatoms. The minimum absolute atomic E-state index is 0.0545. The van der Waals surface area contributed by atoms with Crippen molar-refractivity contribution in [2.45, 2.75) is 0 Å². The maximum absolute atomic E-state index is 14.3. The quantitative estimate of drug-likeness (QED) is 0.567. The molecule has 0 fully saturated rings. The Labute approximate surface area is 148 Å². The Balaban J connectivity index is 1.81. The molecule has 0 saturated heterocycles. The Bertz CT molecular complexity index is 979. The topological polar surface area (TPSA) is 87.8 Å². The molecule has 0 aliphatic rings. The van der Waals surface area contributed by atoms with E-state index in [-0.39, 0.29) is 17.1 Å². The molecule has 0 radical (unpaired) electrons. The molecule has 1 atom stereocenters. The third kappa shape index (κ3) is 3.49. The van der Waals surface area contributed by atoms with E-state index in [1.54, 1.807) is 47.3 Å². The molecule has 1 N–H and O–H groups in total. The molecule has 2 aromatic heterocycles. The van der Waals surface area contributed by atoms with Crippen molar-refractivity contribution in [2.24, 2.45) is 5.92 Å². The van der Waals surface area contributed by atoms with Crippen LogP contribution in [0.5, 0.6) is 0 Å². The molecular formula is C19H13FN4O2. The van der Waals surface area contributed by atoms with Crippen molar-refractivity contribution in [3.05, 3.63) is 78.5 Å². The fourth-order valence-corrected chi connectivity index (χ4v) is 2.40. The molecule has 0 saturated carbocycles. The number of pyridine rings is 1. The van der Waals surface area contributed by atoms with Crippen LogP contribution in [-0.2, 0) is 4.79 Å². The van der Waals surface area contributed by atoms with Crippen molar-refractivity contribution < 1.29 is 14.0 Å². The molecule has 2 heterocycles. The summed E-state index contributed by atoms with van der Waals surface area (Å²) in [4.78, 5) is 28.6. The molecule has 128 valence electrons. The summed E-state index contributed by atoms with van der Waals surface area (Å²) in [5, 5.41) is 11.6. The molecule has 0 bridgehead atoms. The third-order valence-corrected chi connectivity index (χ3v) is 3.68. The number of rotatable bonds is 5. The van der Waals surface area contributed by atoms with E-state index in [0.29, 0.717) is 0 Å². The highest BCUT2D eigenvalue weighted by molar-refractivity contribution is 6.15. The number of nitriles is 1. The lowest BCUT2D eigenvalue weighted by molar-refractivity contribution is -0.117. The van der Waals surface area contributed by atoms with Crippen molar-refractivity contribution in [1.82, 2.24) is 9.55 Å². The van der Waals surface area contributed by atoms with Crippen LogP contribution in [0, 0.1) is 23.1 Å². The van der Waals surface area contributed by atoms with Crippen LogP contribution in [-0.4, -0.2) is 21.2 Å². The van der Waals surface area contributed by atoms with Crippen LogP contribution >= 0.6 is 0 Å². The minimum atomic E-state index is -1.60. The summed E-state index contributed by atoms with van der Waals surface area (Å²) < 4.78 is 15.9. The largest absolute Gasteiger partial charge is 0.321 e. The number of Topliss-reactive ketones (excluding diaryl/α,β-unsaturated/α-hetero) is 1. The van der Waals surface area contributed by atoms with Crippen molar-refractivity contribution >= 4 is 17.5 Å². The fourth-order valence-electron chi connectivity index (χ4n) is 2.40. The number of benzene rings is 1. The van der Waals surface area contributed by atoms with Crippen LogP contribution in [0.4, 0.5) is 10.2 Å². The van der Waals surface area contributed by atoms with Gasteiger partial charge in [0, 0.05) is 24.2 Å². The highest BCUT2D eigenvalue weighted by atomic mass is 19.1. The smallest absolute Gasteiger partial charge is 0.250 e. The lowest BCUT2D eigenvalue weighted by Crippen LogP contribution is -2.29. The highest BCUT2D eigenvalue weighted by Gasteiger charge is 2.28. The summed E-state index contributed by atoms with van der Waals surface area (Å²) in [6.07, 6.45) is 4.80. The van der Waals surface area contributed by atoms with Gasteiger partial charge in [-0.25, -0.2) is 9.37 Å². The number of carbonyl (C=O) groups excluding carboxylic acids is 2. The molecule has 3 aromatic rings. The zero-order chi connectivity index (χ0) is 18.5. The maximum atomic E-state index is 14.3. The lowest BCUT2D eigenvalue weighted by atomic mass is 9.97. The summed E-state index contributed by atoms with van der Waals surface area (Å²) in [6, 6.07) is 13.8. The van der Waals surface area contributed by atoms with E-state index in [1.165, 1.54) is 24.4 Å². The first-order valence-electron chi connectivity index (χ1n) is 7.69. The Hall–Kier alpha value is -3.79. The number of carbonyl (C=O) groups is 2. The number of anilines is 1. The second kappa shape index (κ2) is 7.40. The zero-order valence-corrected chi connectivity index (χ0v) is 13.5. The summed E-state index contributed by atoms with van der Waals surface area (Å²) in [7, 11) is 0. The number of ketones is 1. The van der Waals surface area contributed by atoms with Gasteiger partial charge in [0.1, 0.15) is 11.6 Å². The normalized spacial score (nSPS) is 11.4. The van der Waals surface area contributed by atoms with E-state index < -0.39 is 23.4 Å². The Kier molecular flexibility index (Phi) is 4.85. The monoisotopic (exact) mass is 348 g/mol. The van der Waals surface area contributed by atoms with Crippen LogP contribution < -0.4 is 5.32 Å². The van der Waals surface area contributed by atoms with Crippen molar-refractivity contribution in [2.75, 3.05) is 5.32 Å². The highest BCUT2D eigenvalue weighted by Crippen LogP contribution is 2.18. The molecule has 0 aliphatic carbocycles. The summed E-state index contributed by atoms with van der Waals surface area (Å²) >= 11 is 0. The van der Waals surface area contributed by atoms with Gasteiger partial charge in [-0.2, -0.15) is 5.26 Å². The van der Waals surface area contributed by atoms with Gasteiger partial charge >= 0.3 is 0 Å². The minimum Gasteiger partial charge on any atom is -0.321 e. The molecule has 1 unspecified atom stereocenters.